The van der Waals surface area contributed by atoms with E-state index in [1.165, 1.54) is 4.88 Å². The Balaban J connectivity index is 1.73. The molecule has 2 heterocycles. The molecule has 4 rings (SSSR count). The van der Waals surface area contributed by atoms with Gasteiger partial charge in [0.25, 0.3) is 0 Å². The first-order valence-electron chi connectivity index (χ1n) is 8.89. The maximum absolute atomic E-state index is 12.7. The number of nitrogens with one attached hydrogen (secondary N) is 2. The zero-order chi connectivity index (χ0) is 18.5. The molecule has 0 fully saturated rings. The van der Waals surface area contributed by atoms with E-state index in [4.69, 9.17) is 0 Å². The number of hydrogen-bond acceptors (Lipinski definition) is 4. The minimum atomic E-state index is -3.54. The highest BCUT2D eigenvalue weighted by molar-refractivity contribution is 7.89. The monoisotopic (exact) mass is 388 g/mol. The molecule has 1 aromatic heterocycles. The number of thiophene rings is 1. The maximum Gasteiger partial charge on any atom is 0.241 e. The van der Waals surface area contributed by atoms with Crippen molar-refractivity contribution in [1.29, 1.82) is 0 Å². The summed E-state index contributed by atoms with van der Waals surface area (Å²) in [6.45, 7) is 5.56. The van der Waals surface area contributed by atoms with Crippen LogP contribution in [0, 0.1) is 5.92 Å². The van der Waals surface area contributed by atoms with Gasteiger partial charge in [0, 0.05) is 22.0 Å². The molecule has 2 aromatic rings. The zero-order valence-electron chi connectivity index (χ0n) is 15.2. The second kappa shape index (κ2) is 6.22. The fourth-order valence-corrected chi connectivity index (χ4v) is 6.26. The molecule has 26 heavy (non-hydrogen) atoms. The Bertz CT molecular complexity index is 941. The quantitative estimate of drug-likeness (QED) is 0.753. The highest BCUT2D eigenvalue weighted by Gasteiger charge is 2.39. The first-order chi connectivity index (χ1) is 12.2. The molecule has 4 nitrogen and oxygen atoms in total. The van der Waals surface area contributed by atoms with E-state index in [9.17, 15) is 8.42 Å². The van der Waals surface area contributed by atoms with Crippen molar-refractivity contribution in [2.75, 3.05) is 5.32 Å². The van der Waals surface area contributed by atoms with Gasteiger partial charge in [-0.1, -0.05) is 18.2 Å². The van der Waals surface area contributed by atoms with E-state index < -0.39 is 15.6 Å². The van der Waals surface area contributed by atoms with Crippen LogP contribution in [0.15, 0.2) is 52.8 Å². The maximum atomic E-state index is 12.7. The molecule has 0 bridgehead atoms. The van der Waals surface area contributed by atoms with E-state index in [2.05, 4.69) is 39.7 Å². The van der Waals surface area contributed by atoms with Crippen LogP contribution in [0.25, 0.3) is 0 Å². The number of fused-ring (bicyclic) bond motifs is 3. The van der Waals surface area contributed by atoms with Crippen molar-refractivity contribution in [2.24, 2.45) is 5.92 Å². The smallest absolute Gasteiger partial charge is 0.241 e. The van der Waals surface area contributed by atoms with E-state index >= 15 is 0 Å². The Morgan fingerprint density at radius 3 is 2.73 bits per heavy atom. The number of anilines is 1. The predicted octanol–water partition coefficient (Wildman–Crippen LogP) is 4.65. The van der Waals surface area contributed by atoms with Crippen molar-refractivity contribution in [2.45, 2.75) is 49.6 Å². The third-order valence-electron chi connectivity index (χ3n) is 4.93. The third-order valence-corrected chi connectivity index (χ3v) is 7.65. The lowest BCUT2D eigenvalue weighted by Gasteiger charge is -2.37. The van der Waals surface area contributed by atoms with E-state index in [1.54, 1.807) is 17.4 Å². The second-order valence-corrected chi connectivity index (χ2v) is 10.8. The summed E-state index contributed by atoms with van der Waals surface area (Å²) < 4.78 is 28.2. The van der Waals surface area contributed by atoms with Crippen LogP contribution in [-0.2, 0) is 10.0 Å². The Kier molecular flexibility index (Phi) is 4.25. The summed E-state index contributed by atoms with van der Waals surface area (Å²) in [4.78, 5) is 1.67. The van der Waals surface area contributed by atoms with Crippen LogP contribution in [0.3, 0.4) is 0 Å². The van der Waals surface area contributed by atoms with Crippen molar-refractivity contribution in [3.63, 3.8) is 0 Å². The molecular formula is C20H24N2O2S2. The van der Waals surface area contributed by atoms with Gasteiger partial charge in [0.05, 0.1) is 10.9 Å². The molecule has 0 saturated heterocycles. The molecule has 3 atom stereocenters. The van der Waals surface area contributed by atoms with Gasteiger partial charge < -0.3 is 5.32 Å². The molecule has 0 saturated carbocycles. The molecule has 1 aliphatic carbocycles. The average Bonchev–Trinajstić information content (AvgIpc) is 3.23. The van der Waals surface area contributed by atoms with Crippen LogP contribution >= 0.6 is 11.3 Å². The number of hydrogen-bond donors (Lipinski definition) is 2. The lowest BCUT2D eigenvalue weighted by molar-refractivity contribution is 0.429. The van der Waals surface area contributed by atoms with E-state index in [1.807, 2.05) is 32.9 Å². The highest BCUT2D eigenvalue weighted by Crippen LogP contribution is 2.50. The first kappa shape index (κ1) is 17.8. The minimum absolute atomic E-state index is 0.253. The fourth-order valence-electron chi connectivity index (χ4n) is 3.95. The SMILES string of the molecule is CC(C)(C)NS(=O)(=O)c1ccc2c(c1)C1C=CCC1C(c1cccs1)N2. The molecule has 0 spiro atoms. The van der Waals surface area contributed by atoms with E-state index in [0.29, 0.717) is 10.8 Å². The number of allylic oxidation sites excluding steroid dienone is 2. The highest BCUT2D eigenvalue weighted by atomic mass is 32.2. The molecular weight excluding hydrogens is 364 g/mol. The van der Waals surface area contributed by atoms with Gasteiger partial charge in [-0.05, 0) is 68.3 Å². The molecule has 1 aliphatic heterocycles. The predicted molar refractivity (Wildman–Crippen MR) is 107 cm³/mol. The van der Waals surface area contributed by atoms with Gasteiger partial charge in [-0.15, -0.1) is 11.3 Å². The Morgan fingerprint density at radius 2 is 2.04 bits per heavy atom. The van der Waals surface area contributed by atoms with Crippen LogP contribution in [0.2, 0.25) is 0 Å². The summed E-state index contributed by atoms with van der Waals surface area (Å²) in [5.74, 6) is 0.679. The van der Waals surface area contributed by atoms with E-state index in [-0.39, 0.29) is 12.0 Å². The van der Waals surface area contributed by atoms with Gasteiger partial charge >= 0.3 is 0 Å². The van der Waals surface area contributed by atoms with Gasteiger partial charge in [-0.2, -0.15) is 0 Å². The van der Waals surface area contributed by atoms with Crippen molar-refractivity contribution in [3.8, 4) is 0 Å². The standard InChI is InChI=1S/C20H24N2O2S2/c1-20(2,3)22-26(23,24)13-9-10-17-16(12-13)14-6-4-7-15(14)19(21-17)18-8-5-11-25-18/h4-6,8-12,14-15,19,21-22H,7H2,1-3H3. The molecule has 2 aliphatic rings. The second-order valence-electron chi connectivity index (χ2n) is 8.10. The summed E-state index contributed by atoms with van der Waals surface area (Å²) in [5.41, 5.74) is 1.60. The van der Waals surface area contributed by atoms with Crippen molar-refractivity contribution >= 4 is 27.0 Å². The van der Waals surface area contributed by atoms with Gasteiger partial charge in [-0.3, -0.25) is 0 Å². The van der Waals surface area contributed by atoms with E-state index in [0.717, 1.165) is 17.7 Å². The van der Waals surface area contributed by atoms with Crippen LogP contribution in [0.1, 0.15) is 49.6 Å². The minimum Gasteiger partial charge on any atom is -0.377 e. The van der Waals surface area contributed by atoms with Crippen molar-refractivity contribution in [3.05, 3.63) is 58.3 Å². The van der Waals surface area contributed by atoms with Gasteiger partial charge in [0.1, 0.15) is 0 Å². The summed E-state index contributed by atoms with van der Waals surface area (Å²) in [6.07, 6.45) is 5.47. The molecule has 0 radical (unpaired) electrons. The van der Waals surface area contributed by atoms with Crippen LogP contribution in [-0.4, -0.2) is 14.0 Å². The average molecular weight is 389 g/mol. The van der Waals surface area contributed by atoms with Crippen LogP contribution < -0.4 is 10.0 Å². The number of sulfonamides is 1. The normalized spacial score (nSPS) is 24.8. The summed E-state index contributed by atoms with van der Waals surface area (Å²) in [5, 5.41) is 5.76. The number of benzene rings is 1. The largest absolute Gasteiger partial charge is 0.377 e. The Hall–Kier alpha value is -1.63. The Morgan fingerprint density at radius 1 is 1.23 bits per heavy atom. The van der Waals surface area contributed by atoms with Gasteiger partial charge in [-0.25, -0.2) is 13.1 Å². The fraction of sp³-hybridized carbons (Fsp3) is 0.400. The van der Waals surface area contributed by atoms with Crippen LogP contribution in [0.4, 0.5) is 5.69 Å². The molecule has 1 aromatic carbocycles. The molecule has 6 heteroatoms. The van der Waals surface area contributed by atoms with Crippen molar-refractivity contribution in [1.82, 2.24) is 4.72 Å². The molecule has 138 valence electrons. The van der Waals surface area contributed by atoms with Crippen LogP contribution in [0.5, 0.6) is 0 Å². The summed E-state index contributed by atoms with van der Waals surface area (Å²) in [6, 6.07) is 9.99. The topological polar surface area (TPSA) is 58.2 Å². The first-order valence-corrected chi connectivity index (χ1v) is 11.3. The molecule has 2 N–H and O–H groups in total. The molecule has 0 amide bonds. The summed E-state index contributed by atoms with van der Waals surface area (Å²) >= 11 is 1.77. The lowest BCUT2D eigenvalue weighted by Crippen LogP contribution is -2.40. The van der Waals surface area contributed by atoms with Crippen molar-refractivity contribution < 1.29 is 8.42 Å². The van der Waals surface area contributed by atoms with Gasteiger partial charge in [0.2, 0.25) is 10.0 Å². The Labute approximate surface area is 159 Å². The third kappa shape index (κ3) is 3.21. The van der Waals surface area contributed by atoms with Gasteiger partial charge in [0.15, 0.2) is 0 Å². The molecule has 3 unspecified atom stereocenters. The zero-order valence-corrected chi connectivity index (χ0v) is 16.8. The lowest BCUT2D eigenvalue weighted by atomic mass is 9.79. The number of rotatable bonds is 3. The summed E-state index contributed by atoms with van der Waals surface area (Å²) in [7, 11) is -3.54.